The summed E-state index contributed by atoms with van der Waals surface area (Å²) in [5.41, 5.74) is 1.91. The number of hydrogen-bond donors (Lipinski definition) is 1. The third kappa shape index (κ3) is 3.79. The largest absolute Gasteiger partial charge is 0.508 e. The van der Waals surface area contributed by atoms with Crippen molar-refractivity contribution in [2.24, 2.45) is 0 Å². The minimum Gasteiger partial charge on any atom is -0.508 e. The summed E-state index contributed by atoms with van der Waals surface area (Å²) in [5.74, 6) is 2.16. The number of phenolic OH excluding ortho intramolecular Hbond substituents is 1. The highest BCUT2D eigenvalue weighted by Crippen LogP contribution is 2.37. The molecular weight excluding hydrogens is 384 g/mol. The smallest absolute Gasteiger partial charge is 0.343 e. The van der Waals surface area contributed by atoms with E-state index in [2.05, 4.69) is 5.92 Å². The zero-order valence-corrected chi connectivity index (χ0v) is 17.7. The van der Waals surface area contributed by atoms with Crippen LogP contribution in [0.2, 0.25) is 0 Å². The minimum absolute atomic E-state index is 0.0403. The van der Waals surface area contributed by atoms with E-state index in [1.807, 2.05) is 24.9 Å². The number of methoxy groups -OCH3 is 1. The summed E-state index contributed by atoms with van der Waals surface area (Å²) in [4.78, 5) is 25.1. The number of phenols is 1. The highest BCUT2D eigenvalue weighted by Gasteiger charge is 2.33. The monoisotopic (exact) mass is 410 g/mol. The van der Waals surface area contributed by atoms with Gasteiger partial charge in [-0.1, -0.05) is 0 Å². The Morgan fingerprint density at radius 3 is 2.70 bits per heavy atom. The van der Waals surface area contributed by atoms with Crippen LogP contribution in [0.5, 0.6) is 5.75 Å². The molecule has 0 atom stereocenters. The predicted octanol–water partition coefficient (Wildman–Crippen LogP) is 2.80. The fourth-order valence-electron chi connectivity index (χ4n) is 3.69. The topological polar surface area (TPSA) is 81.0 Å². The van der Waals surface area contributed by atoms with Crippen LogP contribution in [0.4, 0.5) is 0 Å². The van der Waals surface area contributed by atoms with Crippen LogP contribution >= 0.6 is 0 Å². The van der Waals surface area contributed by atoms with Crippen molar-refractivity contribution < 1.29 is 19.4 Å². The number of ether oxygens (including phenoxy) is 2. The second-order valence-electron chi connectivity index (χ2n) is 7.82. The lowest BCUT2D eigenvalue weighted by atomic mass is 9.93. The van der Waals surface area contributed by atoms with Crippen molar-refractivity contribution >= 4 is 5.97 Å². The number of nitrogens with zero attached hydrogens (tertiary/aromatic N) is 2. The molecule has 0 spiro atoms. The first-order valence-electron chi connectivity index (χ1n) is 9.72. The normalized spacial score (nSPS) is 12.7. The Morgan fingerprint density at radius 1 is 1.33 bits per heavy atom. The SMILES string of the molecule is C#CCC(C)(C)N1Cc2cc(O)c(COC)cc2-c2cc(=O)c(C(=O)OCC)cn21. The molecule has 1 aromatic heterocycles. The molecular formula is C23H26N2O5. The molecule has 2 aromatic rings. The van der Waals surface area contributed by atoms with Crippen molar-refractivity contribution in [2.75, 3.05) is 18.7 Å². The van der Waals surface area contributed by atoms with Gasteiger partial charge in [0.1, 0.15) is 11.3 Å². The van der Waals surface area contributed by atoms with Gasteiger partial charge in [-0.2, -0.15) is 0 Å². The van der Waals surface area contributed by atoms with Gasteiger partial charge < -0.3 is 19.6 Å². The average Bonchev–Trinajstić information content (AvgIpc) is 2.68. The molecule has 7 nitrogen and oxygen atoms in total. The zero-order valence-electron chi connectivity index (χ0n) is 17.7. The van der Waals surface area contributed by atoms with E-state index in [1.54, 1.807) is 24.8 Å². The van der Waals surface area contributed by atoms with Gasteiger partial charge in [-0.25, -0.2) is 4.79 Å². The van der Waals surface area contributed by atoms with E-state index in [0.717, 1.165) is 11.1 Å². The molecule has 3 rings (SSSR count). The molecule has 1 aliphatic rings. The average molecular weight is 410 g/mol. The molecule has 1 aliphatic heterocycles. The molecule has 0 unspecified atom stereocenters. The first kappa shape index (κ1) is 21.5. The highest BCUT2D eigenvalue weighted by atomic mass is 16.5. The zero-order chi connectivity index (χ0) is 22.1. The molecule has 158 valence electrons. The standard InChI is InChI=1S/C23H26N2O5/c1-6-8-23(3,4)25-12-15-10-20(26)16(14-29-5)9-17(15)19-11-21(27)18(13-24(19)25)22(28)30-7-2/h1,9-11,13,26H,7-8,12,14H2,2-5H3. The van der Waals surface area contributed by atoms with Crippen LogP contribution in [-0.2, 0) is 22.6 Å². The lowest BCUT2D eigenvalue weighted by Gasteiger charge is -2.45. The number of benzene rings is 1. The van der Waals surface area contributed by atoms with Gasteiger partial charge in [0.15, 0.2) is 5.43 Å². The van der Waals surface area contributed by atoms with Crippen LogP contribution in [0, 0.1) is 12.3 Å². The summed E-state index contributed by atoms with van der Waals surface area (Å²) in [5, 5.41) is 12.4. The van der Waals surface area contributed by atoms with Crippen LogP contribution in [0.15, 0.2) is 29.2 Å². The van der Waals surface area contributed by atoms with E-state index < -0.39 is 16.9 Å². The summed E-state index contributed by atoms with van der Waals surface area (Å²) in [6.45, 7) is 6.51. The molecule has 7 heteroatoms. The second-order valence-corrected chi connectivity index (χ2v) is 7.82. The van der Waals surface area contributed by atoms with Crippen molar-refractivity contribution in [3.05, 3.63) is 51.3 Å². The van der Waals surface area contributed by atoms with Crippen molar-refractivity contribution in [3.8, 4) is 29.4 Å². The molecule has 1 N–H and O–H groups in total. The van der Waals surface area contributed by atoms with Crippen molar-refractivity contribution in [1.82, 2.24) is 4.68 Å². The van der Waals surface area contributed by atoms with E-state index >= 15 is 0 Å². The Labute approximate surface area is 175 Å². The minimum atomic E-state index is -0.663. The van der Waals surface area contributed by atoms with Gasteiger partial charge in [0.2, 0.25) is 0 Å². The third-order valence-electron chi connectivity index (χ3n) is 5.22. The van der Waals surface area contributed by atoms with Gasteiger partial charge in [0.05, 0.1) is 31.0 Å². The van der Waals surface area contributed by atoms with Gasteiger partial charge >= 0.3 is 5.97 Å². The van der Waals surface area contributed by atoms with E-state index in [9.17, 15) is 14.7 Å². The number of aromatic nitrogens is 1. The summed E-state index contributed by atoms with van der Waals surface area (Å²) in [6, 6.07) is 4.93. The first-order chi connectivity index (χ1) is 14.2. The summed E-state index contributed by atoms with van der Waals surface area (Å²) in [6.07, 6.45) is 7.55. The number of terminal acetylenes is 1. The number of pyridine rings is 1. The molecule has 2 heterocycles. The molecule has 0 fully saturated rings. The van der Waals surface area contributed by atoms with Gasteiger partial charge in [-0.15, -0.1) is 12.3 Å². The summed E-state index contributed by atoms with van der Waals surface area (Å²) >= 11 is 0. The molecule has 1 aromatic carbocycles. The Bertz CT molecular complexity index is 1080. The van der Waals surface area contributed by atoms with Gasteiger partial charge in [-0.05, 0) is 38.5 Å². The second kappa shape index (κ2) is 8.25. The van der Waals surface area contributed by atoms with E-state index in [-0.39, 0.29) is 24.5 Å². The van der Waals surface area contributed by atoms with Crippen LogP contribution in [0.25, 0.3) is 11.3 Å². The molecule has 30 heavy (non-hydrogen) atoms. The molecule has 0 aliphatic carbocycles. The number of hydrogen-bond acceptors (Lipinski definition) is 6. The maximum absolute atomic E-state index is 12.7. The number of fused-ring (bicyclic) bond motifs is 3. The Hall–Kier alpha value is -3.24. The maximum atomic E-state index is 12.7. The number of carbonyl (C=O) groups is 1. The maximum Gasteiger partial charge on any atom is 0.343 e. The predicted molar refractivity (Wildman–Crippen MR) is 114 cm³/mol. The molecule has 0 saturated carbocycles. The Morgan fingerprint density at radius 2 is 2.07 bits per heavy atom. The quantitative estimate of drug-likeness (QED) is 0.583. The number of carbonyl (C=O) groups excluding carboxylic acids is 1. The fraction of sp³-hybridized carbons (Fsp3) is 0.391. The van der Waals surface area contributed by atoms with Crippen LogP contribution < -0.4 is 10.4 Å². The fourth-order valence-corrected chi connectivity index (χ4v) is 3.69. The Kier molecular flexibility index (Phi) is 5.90. The number of aromatic hydroxyl groups is 1. The third-order valence-corrected chi connectivity index (χ3v) is 5.22. The Balaban J connectivity index is 2.27. The number of esters is 1. The molecule has 0 bridgehead atoms. The summed E-state index contributed by atoms with van der Waals surface area (Å²) in [7, 11) is 1.55. The van der Waals surface area contributed by atoms with Crippen molar-refractivity contribution in [1.29, 1.82) is 0 Å². The van der Waals surface area contributed by atoms with E-state index in [0.29, 0.717) is 24.2 Å². The van der Waals surface area contributed by atoms with Crippen LogP contribution in [0.1, 0.15) is 48.7 Å². The van der Waals surface area contributed by atoms with Crippen LogP contribution in [-0.4, -0.2) is 35.0 Å². The van der Waals surface area contributed by atoms with Gasteiger partial charge in [-0.3, -0.25) is 9.47 Å². The lowest BCUT2D eigenvalue weighted by molar-refractivity contribution is 0.0523. The van der Waals surface area contributed by atoms with Crippen molar-refractivity contribution in [3.63, 3.8) is 0 Å². The van der Waals surface area contributed by atoms with Gasteiger partial charge in [0, 0.05) is 36.9 Å². The highest BCUT2D eigenvalue weighted by molar-refractivity contribution is 5.89. The summed E-state index contributed by atoms with van der Waals surface area (Å²) < 4.78 is 12.0. The van der Waals surface area contributed by atoms with Gasteiger partial charge in [0.25, 0.3) is 0 Å². The van der Waals surface area contributed by atoms with E-state index in [4.69, 9.17) is 15.9 Å². The molecule has 0 amide bonds. The molecule has 0 saturated heterocycles. The van der Waals surface area contributed by atoms with E-state index in [1.165, 1.54) is 12.3 Å². The first-order valence-corrected chi connectivity index (χ1v) is 9.72. The van der Waals surface area contributed by atoms with Crippen molar-refractivity contribution in [2.45, 2.75) is 45.9 Å². The lowest BCUT2D eigenvalue weighted by Crippen LogP contribution is -2.52. The molecule has 0 radical (unpaired) electrons. The number of rotatable bonds is 6. The van der Waals surface area contributed by atoms with Crippen LogP contribution in [0.3, 0.4) is 0 Å².